The first kappa shape index (κ1) is 19.2. The van der Waals surface area contributed by atoms with E-state index in [1.807, 2.05) is 31.2 Å². The predicted octanol–water partition coefficient (Wildman–Crippen LogP) is 4.14. The number of hydrogen-bond acceptors (Lipinski definition) is 4. The number of carbonyl (C=O) groups is 3. The maximum Gasteiger partial charge on any atom is 0.325 e. The van der Waals surface area contributed by atoms with Crippen molar-refractivity contribution in [2.45, 2.75) is 19.4 Å². The van der Waals surface area contributed by atoms with Gasteiger partial charge in [-0.05, 0) is 48.6 Å². The van der Waals surface area contributed by atoms with Gasteiger partial charge in [0, 0.05) is 4.70 Å². The first-order chi connectivity index (χ1) is 13.7. The Morgan fingerprint density at radius 2 is 1.86 bits per heavy atom. The molecule has 29 heavy (non-hydrogen) atoms. The third-order valence-corrected chi connectivity index (χ3v) is 6.48. The van der Waals surface area contributed by atoms with Crippen molar-refractivity contribution in [3.63, 3.8) is 0 Å². The average molecular weight is 414 g/mol. The molecule has 0 radical (unpaired) electrons. The molecule has 1 saturated heterocycles. The third-order valence-electron chi connectivity index (χ3n) is 5.17. The number of imide groups is 1. The smallest absolute Gasteiger partial charge is 0.319 e. The number of nitrogens with zero attached hydrogens (tertiary/aromatic N) is 1. The van der Waals surface area contributed by atoms with Crippen molar-refractivity contribution in [1.29, 1.82) is 0 Å². The number of ketones is 1. The molecule has 148 valence electrons. The predicted molar refractivity (Wildman–Crippen MR) is 105 cm³/mol. The molecule has 1 N–H and O–H groups in total. The molecule has 5 nitrogen and oxygen atoms in total. The second-order valence-electron chi connectivity index (χ2n) is 7.05. The van der Waals surface area contributed by atoms with Crippen molar-refractivity contribution >= 4 is 39.1 Å². The fourth-order valence-corrected chi connectivity index (χ4v) is 4.64. The number of fused-ring (bicyclic) bond motifs is 1. The Hall–Kier alpha value is -3.13. The minimum atomic E-state index is -1.58. The van der Waals surface area contributed by atoms with Gasteiger partial charge in [0.1, 0.15) is 5.54 Å². The molecule has 1 aromatic heterocycles. The van der Waals surface area contributed by atoms with Crippen LogP contribution in [0, 0.1) is 18.6 Å². The van der Waals surface area contributed by atoms with Gasteiger partial charge >= 0.3 is 6.03 Å². The second kappa shape index (κ2) is 6.73. The summed E-state index contributed by atoms with van der Waals surface area (Å²) in [5.74, 6) is -3.23. The molecule has 0 bridgehead atoms. The number of halogens is 2. The fraction of sp³-hybridized carbons (Fsp3) is 0.190. The van der Waals surface area contributed by atoms with Crippen LogP contribution in [0.25, 0.3) is 10.1 Å². The molecule has 1 aliphatic rings. The van der Waals surface area contributed by atoms with Crippen LogP contribution in [0.2, 0.25) is 0 Å². The van der Waals surface area contributed by atoms with E-state index in [4.69, 9.17) is 0 Å². The van der Waals surface area contributed by atoms with Crippen LogP contribution in [0.15, 0.2) is 42.5 Å². The molecule has 4 rings (SSSR count). The first-order valence-electron chi connectivity index (χ1n) is 8.83. The number of thiophene rings is 1. The van der Waals surface area contributed by atoms with E-state index in [9.17, 15) is 23.2 Å². The highest BCUT2D eigenvalue weighted by molar-refractivity contribution is 7.21. The Balaban J connectivity index is 1.63. The van der Waals surface area contributed by atoms with E-state index in [0.29, 0.717) is 4.88 Å². The highest BCUT2D eigenvalue weighted by Crippen LogP contribution is 2.33. The van der Waals surface area contributed by atoms with Gasteiger partial charge in [-0.3, -0.25) is 14.5 Å². The van der Waals surface area contributed by atoms with Crippen LogP contribution >= 0.6 is 11.3 Å². The summed E-state index contributed by atoms with van der Waals surface area (Å²) < 4.78 is 27.8. The molecule has 2 aromatic carbocycles. The zero-order valence-electron chi connectivity index (χ0n) is 15.6. The third kappa shape index (κ3) is 3.00. The average Bonchev–Trinajstić information content (AvgIpc) is 3.14. The van der Waals surface area contributed by atoms with Crippen LogP contribution in [-0.2, 0) is 10.3 Å². The van der Waals surface area contributed by atoms with Gasteiger partial charge in [0.25, 0.3) is 5.91 Å². The topological polar surface area (TPSA) is 66.5 Å². The molecule has 3 aromatic rings. The van der Waals surface area contributed by atoms with E-state index < -0.39 is 35.7 Å². The van der Waals surface area contributed by atoms with E-state index in [1.165, 1.54) is 24.3 Å². The van der Waals surface area contributed by atoms with E-state index in [-0.39, 0.29) is 11.3 Å². The van der Waals surface area contributed by atoms with E-state index in [1.54, 1.807) is 0 Å². The maximum absolute atomic E-state index is 13.6. The number of hydrogen-bond donors (Lipinski definition) is 1. The van der Waals surface area contributed by atoms with Gasteiger partial charge in [0.2, 0.25) is 0 Å². The number of nitrogens with one attached hydrogen (secondary N) is 1. The summed E-state index contributed by atoms with van der Waals surface area (Å²) in [4.78, 5) is 39.5. The van der Waals surface area contributed by atoms with Crippen molar-refractivity contribution in [3.05, 3.63) is 70.1 Å². The first-order valence-corrected chi connectivity index (χ1v) is 9.65. The lowest BCUT2D eigenvalue weighted by Gasteiger charge is -2.22. The van der Waals surface area contributed by atoms with Crippen LogP contribution in [0.1, 0.15) is 27.7 Å². The summed E-state index contributed by atoms with van der Waals surface area (Å²) in [7, 11) is 0. The highest BCUT2D eigenvalue weighted by Gasteiger charge is 2.49. The summed E-state index contributed by atoms with van der Waals surface area (Å²) in [5, 5.41) is 3.44. The zero-order chi connectivity index (χ0) is 20.9. The van der Waals surface area contributed by atoms with Gasteiger partial charge < -0.3 is 5.32 Å². The lowest BCUT2D eigenvalue weighted by molar-refractivity contribution is -0.130. The molecule has 1 atom stereocenters. The SMILES string of the molecule is Cc1c(C(=O)CN2C(=O)NC(C)(c3ccc(F)c(F)c3)C2=O)sc2ccccc12. The summed E-state index contributed by atoms with van der Waals surface area (Å²) in [6.07, 6.45) is 0. The molecule has 3 amide bonds. The van der Waals surface area contributed by atoms with Gasteiger partial charge in [0.15, 0.2) is 17.4 Å². The lowest BCUT2D eigenvalue weighted by Crippen LogP contribution is -2.41. The molecular weight excluding hydrogens is 398 g/mol. The van der Waals surface area contributed by atoms with Gasteiger partial charge in [-0.1, -0.05) is 24.3 Å². The van der Waals surface area contributed by atoms with Crippen molar-refractivity contribution in [2.24, 2.45) is 0 Å². The highest BCUT2D eigenvalue weighted by atomic mass is 32.1. The van der Waals surface area contributed by atoms with E-state index in [0.717, 1.165) is 32.7 Å². The minimum absolute atomic E-state index is 0.0998. The van der Waals surface area contributed by atoms with E-state index in [2.05, 4.69) is 5.32 Å². The normalized spacial score (nSPS) is 19.1. The second-order valence-corrected chi connectivity index (χ2v) is 8.10. The van der Waals surface area contributed by atoms with E-state index >= 15 is 0 Å². The number of benzene rings is 2. The number of urea groups is 1. The Labute approximate surface area is 168 Å². The molecule has 1 fully saturated rings. The number of aryl methyl sites for hydroxylation is 1. The number of carbonyl (C=O) groups excluding carboxylic acids is 3. The van der Waals surface area contributed by atoms with Crippen molar-refractivity contribution in [1.82, 2.24) is 10.2 Å². The molecule has 1 unspecified atom stereocenters. The number of amides is 3. The van der Waals surface area contributed by atoms with Gasteiger partial charge in [-0.2, -0.15) is 0 Å². The Bertz CT molecular complexity index is 1190. The Morgan fingerprint density at radius 3 is 2.55 bits per heavy atom. The molecule has 8 heteroatoms. The lowest BCUT2D eigenvalue weighted by atomic mass is 9.92. The molecular formula is C21H16F2N2O3S. The molecule has 2 heterocycles. The van der Waals surface area contributed by atoms with Crippen LogP contribution in [0.3, 0.4) is 0 Å². The fourth-order valence-electron chi connectivity index (χ4n) is 3.50. The Kier molecular flexibility index (Phi) is 4.46. The van der Waals surface area contributed by atoms with Crippen LogP contribution in [0.4, 0.5) is 13.6 Å². The quantitative estimate of drug-likeness (QED) is 0.516. The monoisotopic (exact) mass is 414 g/mol. The van der Waals surface area contributed by atoms with Gasteiger partial charge in [-0.25, -0.2) is 13.6 Å². The van der Waals surface area contributed by atoms with Crippen molar-refractivity contribution in [3.8, 4) is 0 Å². The minimum Gasteiger partial charge on any atom is -0.319 e. The van der Waals surface area contributed by atoms with Crippen LogP contribution in [-0.4, -0.2) is 29.2 Å². The van der Waals surface area contributed by atoms with Crippen molar-refractivity contribution in [2.75, 3.05) is 6.54 Å². The molecule has 0 aliphatic carbocycles. The molecule has 0 spiro atoms. The summed E-state index contributed by atoms with van der Waals surface area (Å²) in [6.45, 7) is 2.79. The van der Waals surface area contributed by atoms with Crippen LogP contribution < -0.4 is 5.32 Å². The Morgan fingerprint density at radius 1 is 1.14 bits per heavy atom. The summed E-state index contributed by atoms with van der Waals surface area (Å²) >= 11 is 1.31. The van der Waals surface area contributed by atoms with Crippen LogP contribution in [0.5, 0.6) is 0 Å². The standard InChI is InChI=1S/C21H16F2N2O3S/c1-11-13-5-3-4-6-17(13)29-18(11)16(26)10-25-19(27)21(2,24-20(25)28)12-7-8-14(22)15(23)9-12/h3-9H,10H2,1-2H3,(H,24,28). The van der Waals surface area contributed by atoms with Gasteiger partial charge in [0.05, 0.1) is 11.4 Å². The summed E-state index contributed by atoms with van der Waals surface area (Å²) in [5.41, 5.74) is -0.685. The molecule has 1 aliphatic heterocycles. The number of rotatable bonds is 4. The van der Waals surface area contributed by atoms with Gasteiger partial charge in [-0.15, -0.1) is 11.3 Å². The summed E-state index contributed by atoms with van der Waals surface area (Å²) in [6, 6.07) is 9.80. The zero-order valence-corrected chi connectivity index (χ0v) is 16.4. The number of Topliss-reactive ketones (excluding diaryl/α,β-unsaturated/α-hetero) is 1. The maximum atomic E-state index is 13.6. The largest absolute Gasteiger partial charge is 0.325 e. The molecule has 0 saturated carbocycles. The van der Waals surface area contributed by atoms with Crippen molar-refractivity contribution < 1.29 is 23.2 Å².